The standard InChI is InChI=1S/C12H25N3O2/c1-3-5-11(13)12(16)14-8-10-9-15(4-2)6-7-17-10/h10-11H,3-9,13H2,1-2H3,(H,14,16)/t10?,11-/m1/s1. The number of rotatable bonds is 6. The van der Waals surface area contributed by atoms with Gasteiger partial charge in [-0.15, -0.1) is 0 Å². The highest BCUT2D eigenvalue weighted by molar-refractivity contribution is 5.81. The second-order valence-corrected chi connectivity index (χ2v) is 4.53. The molecule has 0 aliphatic carbocycles. The monoisotopic (exact) mass is 243 g/mol. The van der Waals surface area contributed by atoms with Gasteiger partial charge >= 0.3 is 0 Å². The number of carbonyl (C=O) groups excluding carboxylic acids is 1. The van der Waals surface area contributed by atoms with E-state index in [1.165, 1.54) is 0 Å². The molecule has 3 N–H and O–H groups in total. The maximum Gasteiger partial charge on any atom is 0.237 e. The van der Waals surface area contributed by atoms with Crippen molar-refractivity contribution in [3.8, 4) is 0 Å². The van der Waals surface area contributed by atoms with Crippen molar-refractivity contribution in [2.45, 2.75) is 38.8 Å². The largest absolute Gasteiger partial charge is 0.374 e. The average Bonchev–Trinajstić information content (AvgIpc) is 2.36. The molecule has 0 bridgehead atoms. The first kappa shape index (κ1) is 14.4. The zero-order valence-corrected chi connectivity index (χ0v) is 10.9. The maximum atomic E-state index is 11.6. The molecular formula is C12H25N3O2. The zero-order chi connectivity index (χ0) is 12.7. The Bertz CT molecular complexity index is 236. The number of nitrogens with zero attached hydrogens (tertiary/aromatic N) is 1. The molecule has 0 aromatic heterocycles. The molecule has 0 spiro atoms. The highest BCUT2D eigenvalue weighted by Gasteiger charge is 2.20. The minimum Gasteiger partial charge on any atom is -0.374 e. The van der Waals surface area contributed by atoms with E-state index in [-0.39, 0.29) is 18.1 Å². The Hall–Kier alpha value is -0.650. The minimum atomic E-state index is -0.383. The number of amides is 1. The van der Waals surface area contributed by atoms with Crippen LogP contribution in [-0.4, -0.2) is 55.7 Å². The van der Waals surface area contributed by atoms with Crippen LogP contribution in [0.3, 0.4) is 0 Å². The highest BCUT2D eigenvalue weighted by Crippen LogP contribution is 2.03. The number of nitrogens with one attached hydrogen (secondary N) is 1. The summed E-state index contributed by atoms with van der Waals surface area (Å²) in [6, 6.07) is -0.383. The van der Waals surface area contributed by atoms with Crippen LogP contribution in [-0.2, 0) is 9.53 Å². The molecule has 5 heteroatoms. The molecule has 1 saturated heterocycles. The molecule has 100 valence electrons. The van der Waals surface area contributed by atoms with E-state index in [0.717, 1.165) is 39.1 Å². The molecule has 1 amide bonds. The first-order valence-corrected chi connectivity index (χ1v) is 6.54. The molecule has 0 aromatic rings. The van der Waals surface area contributed by atoms with Gasteiger partial charge in [0, 0.05) is 19.6 Å². The molecule has 2 atom stereocenters. The van der Waals surface area contributed by atoms with Gasteiger partial charge in [0.25, 0.3) is 0 Å². The number of carbonyl (C=O) groups is 1. The van der Waals surface area contributed by atoms with Crippen LogP contribution >= 0.6 is 0 Å². The number of ether oxygens (including phenoxy) is 1. The Labute approximate surface area is 104 Å². The SMILES string of the molecule is CCC[C@@H](N)C(=O)NCC1CN(CC)CCO1. The quantitative estimate of drug-likeness (QED) is 0.686. The minimum absolute atomic E-state index is 0.0657. The third kappa shape index (κ3) is 5.02. The van der Waals surface area contributed by atoms with Gasteiger partial charge in [-0.25, -0.2) is 0 Å². The molecule has 1 unspecified atom stereocenters. The van der Waals surface area contributed by atoms with E-state index in [9.17, 15) is 4.79 Å². The molecule has 0 aromatic carbocycles. The molecule has 0 radical (unpaired) electrons. The van der Waals surface area contributed by atoms with E-state index >= 15 is 0 Å². The Morgan fingerprint density at radius 2 is 2.35 bits per heavy atom. The summed E-state index contributed by atoms with van der Waals surface area (Å²) >= 11 is 0. The molecule has 1 aliphatic rings. The summed E-state index contributed by atoms with van der Waals surface area (Å²) in [6.07, 6.45) is 1.76. The van der Waals surface area contributed by atoms with E-state index < -0.39 is 0 Å². The van der Waals surface area contributed by atoms with Crippen molar-refractivity contribution in [3.05, 3.63) is 0 Å². The van der Waals surface area contributed by atoms with Crippen molar-refractivity contribution in [1.82, 2.24) is 10.2 Å². The molecule has 1 heterocycles. The van der Waals surface area contributed by atoms with E-state index in [0.29, 0.717) is 6.54 Å². The van der Waals surface area contributed by atoms with Gasteiger partial charge in [0.1, 0.15) is 0 Å². The van der Waals surface area contributed by atoms with Crippen molar-refractivity contribution in [2.24, 2.45) is 5.73 Å². The van der Waals surface area contributed by atoms with Gasteiger partial charge < -0.3 is 15.8 Å². The molecule has 1 aliphatic heterocycles. The lowest BCUT2D eigenvalue weighted by Gasteiger charge is -2.32. The van der Waals surface area contributed by atoms with Crippen LogP contribution in [0.25, 0.3) is 0 Å². The Morgan fingerprint density at radius 1 is 1.59 bits per heavy atom. The summed E-state index contributed by atoms with van der Waals surface area (Å²) in [5, 5.41) is 2.87. The molecule has 0 saturated carbocycles. The summed E-state index contributed by atoms with van der Waals surface area (Å²) < 4.78 is 5.60. The van der Waals surface area contributed by atoms with Crippen molar-refractivity contribution in [3.63, 3.8) is 0 Å². The summed E-state index contributed by atoms with van der Waals surface area (Å²) in [6.45, 7) is 8.37. The maximum absolute atomic E-state index is 11.6. The van der Waals surface area contributed by atoms with E-state index in [4.69, 9.17) is 10.5 Å². The van der Waals surface area contributed by atoms with Crippen molar-refractivity contribution >= 4 is 5.91 Å². The van der Waals surface area contributed by atoms with Gasteiger partial charge in [-0.1, -0.05) is 20.3 Å². The summed E-state index contributed by atoms with van der Waals surface area (Å²) in [5.41, 5.74) is 5.73. The van der Waals surface area contributed by atoms with E-state index in [1.807, 2.05) is 6.92 Å². The molecule has 1 rings (SSSR count). The van der Waals surface area contributed by atoms with Gasteiger partial charge in [0.05, 0.1) is 18.8 Å². The lowest BCUT2D eigenvalue weighted by Crippen LogP contribution is -2.49. The van der Waals surface area contributed by atoms with Gasteiger partial charge in [0.2, 0.25) is 5.91 Å². The number of morpholine rings is 1. The Morgan fingerprint density at radius 3 is 3.00 bits per heavy atom. The average molecular weight is 243 g/mol. The smallest absolute Gasteiger partial charge is 0.237 e. The van der Waals surface area contributed by atoms with Crippen LogP contribution in [0, 0.1) is 0 Å². The highest BCUT2D eigenvalue weighted by atomic mass is 16.5. The number of hydrogen-bond donors (Lipinski definition) is 2. The third-order valence-electron chi connectivity index (χ3n) is 3.11. The molecule has 1 fully saturated rings. The van der Waals surface area contributed by atoms with Crippen LogP contribution in [0.4, 0.5) is 0 Å². The normalized spacial score (nSPS) is 23.4. The first-order chi connectivity index (χ1) is 8.17. The Kier molecular flexibility index (Phi) is 6.47. The van der Waals surface area contributed by atoms with E-state index in [2.05, 4.69) is 17.1 Å². The lowest BCUT2D eigenvalue weighted by molar-refractivity contribution is -0.123. The second kappa shape index (κ2) is 7.63. The first-order valence-electron chi connectivity index (χ1n) is 6.54. The third-order valence-corrected chi connectivity index (χ3v) is 3.11. The van der Waals surface area contributed by atoms with E-state index in [1.54, 1.807) is 0 Å². The predicted molar refractivity (Wildman–Crippen MR) is 67.7 cm³/mol. The number of nitrogens with two attached hydrogens (primary N) is 1. The summed E-state index contributed by atoms with van der Waals surface area (Å²) in [7, 11) is 0. The van der Waals surface area contributed by atoms with Crippen molar-refractivity contribution in [2.75, 3.05) is 32.8 Å². The topological polar surface area (TPSA) is 67.6 Å². The number of likely N-dealkylation sites (N-methyl/N-ethyl adjacent to an activating group) is 1. The van der Waals surface area contributed by atoms with Gasteiger partial charge in [-0.3, -0.25) is 9.69 Å². The van der Waals surface area contributed by atoms with Crippen molar-refractivity contribution in [1.29, 1.82) is 0 Å². The molecule has 5 nitrogen and oxygen atoms in total. The summed E-state index contributed by atoms with van der Waals surface area (Å²) in [4.78, 5) is 13.9. The van der Waals surface area contributed by atoms with Crippen LogP contribution in [0.15, 0.2) is 0 Å². The van der Waals surface area contributed by atoms with Gasteiger partial charge in [0.15, 0.2) is 0 Å². The predicted octanol–water partition coefficient (Wildman–Crippen LogP) is -0.0493. The second-order valence-electron chi connectivity index (χ2n) is 4.53. The van der Waals surface area contributed by atoms with Crippen LogP contribution in [0.1, 0.15) is 26.7 Å². The zero-order valence-electron chi connectivity index (χ0n) is 10.9. The fourth-order valence-electron chi connectivity index (χ4n) is 1.98. The van der Waals surface area contributed by atoms with Crippen LogP contribution < -0.4 is 11.1 Å². The van der Waals surface area contributed by atoms with Gasteiger partial charge in [-0.05, 0) is 13.0 Å². The van der Waals surface area contributed by atoms with Crippen LogP contribution in [0.5, 0.6) is 0 Å². The summed E-state index contributed by atoms with van der Waals surface area (Å²) in [5.74, 6) is -0.0657. The number of hydrogen-bond acceptors (Lipinski definition) is 4. The molecular weight excluding hydrogens is 218 g/mol. The molecule has 17 heavy (non-hydrogen) atoms. The lowest BCUT2D eigenvalue weighted by atomic mass is 10.1. The van der Waals surface area contributed by atoms with Crippen molar-refractivity contribution < 1.29 is 9.53 Å². The fourth-order valence-corrected chi connectivity index (χ4v) is 1.98. The fraction of sp³-hybridized carbons (Fsp3) is 0.917. The van der Waals surface area contributed by atoms with Crippen LogP contribution in [0.2, 0.25) is 0 Å². The Balaban J connectivity index is 2.23. The van der Waals surface area contributed by atoms with Gasteiger partial charge in [-0.2, -0.15) is 0 Å².